The van der Waals surface area contributed by atoms with Crippen LogP contribution in [0.3, 0.4) is 0 Å². The molecule has 6 heteroatoms. The Morgan fingerprint density at radius 3 is 2.90 bits per heavy atom. The number of carbonyl (C=O) groups is 1. The highest BCUT2D eigenvalue weighted by Crippen LogP contribution is 2.19. The number of nitrogens with zero attached hydrogens (tertiary/aromatic N) is 2. The van der Waals surface area contributed by atoms with Crippen LogP contribution in [0.2, 0.25) is 0 Å². The second-order valence-corrected chi connectivity index (χ2v) is 5.30. The highest BCUT2D eigenvalue weighted by atomic mass is 32.1. The molecule has 0 aliphatic rings. The van der Waals surface area contributed by atoms with Crippen molar-refractivity contribution in [2.45, 2.75) is 19.4 Å². The highest BCUT2D eigenvalue weighted by Gasteiger charge is 2.18. The first-order valence-electron chi connectivity index (χ1n) is 6.35. The molecule has 2 rings (SSSR count). The number of aliphatic carboxylic acids is 1. The number of carboxylic acids is 1. The van der Waals surface area contributed by atoms with Gasteiger partial charge in [0.05, 0.1) is 5.92 Å². The first-order valence-corrected chi connectivity index (χ1v) is 7.23. The fourth-order valence-corrected chi connectivity index (χ4v) is 2.87. The first-order chi connectivity index (χ1) is 10.0. The van der Waals surface area contributed by atoms with Crippen LogP contribution in [0.15, 0.2) is 47.3 Å². The molecule has 1 aromatic carbocycles. The van der Waals surface area contributed by atoms with Crippen LogP contribution < -0.4 is 4.80 Å². The molecule has 1 aromatic heterocycles. The van der Waals surface area contributed by atoms with E-state index in [9.17, 15) is 9.18 Å². The Labute approximate surface area is 125 Å². The van der Waals surface area contributed by atoms with Gasteiger partial charge in [-0.2, -0.15) is 0 Å². The lowest BCUT2D eigenvalue weighted by molar-refractivity contribution is -0.138. The molecule has 1 unspecified atom stereocenters. The SMILES string of the molecule is C=CCn1c(C(C)C(=O)O)csc1=Nc1ccccc1F. The van der Waals surface area contributed by atoms with Crippen molar-refractivity contribution in [3.63, 3.8) is 0 Å². The number of aromatic nitrogens is 1. The molecule has 1 atom stereocenters. The Morgan fingerprint density at radius 2 is 2.29 bits per heavy atom. The molecule has 0 radical (unpaired) electrons. The van der Waals surface area contributed by atoms with Crippen LogP contribution in [0.4, 0.5) is 10.1 Å². The lowest BCUT2D eigenvalue weighted by Gasteiger charge is -2.09. The van der Waals surface area contributed by atoms with E-state index in [0.717, 1.165) is 0 Å². The maximum Gasteiger partial charge on any atom is 0.312 e. The molecule has 0 fully saturated rings. The molecule has 0 saturated heterocycles. The fraction of sp³-hybridized carbons (Fsp3) is 0.200. The van der Waals surface area contributed by atoms with Gasteiger partial charge >= 0.3 is 5.97 Å². The average Bonchev–Trinajstić information content (AvgIpc) is 2.84. The molecule has 2 aromatic rings. The fourth-order valence-electron chi connectivity index (χ4n) is 1.86. The molecular formula is C15H15FN2O2S. The van der Waals surface area contributed by atoms with Crippen molar-refractivity contribution in [3.8, 4) is 0 Å². The number of benzene rings is 1. The number of para-hydroxylation sites is 1. The maximum absolute atomic E-state index is 13.7. The third kappa shape index (κ3) is 3.28. The van der Waals surface area contributed by atoms with E-state index in [1.165, 1.54) is 17.4 Å². The van der Waals surface area contributed by atoms with Gasteiger partial charge in [-0.25, -0.2) is 9.38 Å². The first kappa shape index (κ1) is 15.2. The van der Waals surface area contributed by atoms with E-state index < -0.39 is 17.7 Å². The molecular weight excluding hydrogens is 291 g/mol. The second kappa shape index (κ2) is 6.49. The quantitative estimate of drug-likeness (QED) is 0.862. The predicted octanol–water partition coefficient (Wildman–Crippen LogP) is 3.30. The third-order valence-electron chi connectivity index (χ3n) is 3.02. The van der Waals surface area contributed by atoms with E-state index in [2.05, 4.69) is 11.6 Å². The lowest BCUT2D eigenvalue weighted by Crippen LogP contribution is -2.20. The van der Waals surface area contributed by atoms with Crippen LogP contribution in [0.25, 0.3) is 0 Å². The summed E-state index contributed by atoms with van der Waals surface area (Å²) in [7, 11) is 0. The van der Waals surface area contributed by atoms with Crippen LogP contribution >= 0.6 is 11.3 Å². The van der Waals surface area contributed by atoms with Gasteiger partial charge in [0.25, 0.3) is 0 Å². The minimum absolute atomic E-state index is 0.228. The summed E-state index contributed by atoms with van der Waals surface area (Å²) in [6, 6.07) is 6.21. The molecule has 0 spiro atoms. The number of thiazole rings is 1. The molecule has 1 N–H and O–H groups in total. The van der Waals surface area contributed by atoms with Crippen molar-refractivity contribution < 1.29 is 14.3 Å². The van der Waals surface area contributed by atoms with E-state index in [4.69, 9.17) is 5.11 Å². The Balaban J connectivity index is 2.57. The number of halogens is 1. The molecule has 21 heavy (non-hydrogen) atoms. The van der Waals surface area contributed by atoms with E-state index >= 15 is 0 Å². The third-order valence-corrected chi connectivity index (χ3v) is 3.90. The number of hydrogen-bond donors (Lipinski definition) is 1. The van der Waals surface area contributed by atoms with Crippen molar-refractivity contribution in [3.05, 3.63) is 58.6 Å². The van der Waals surface area contributed by atoms with Gasteiger partial charge in [-0.05, 0) is 19.1 Å². The summed E-state index contributed by atoms with van der Waals surface area (Å²) in [5.74, 6) is -1.99. The molecule has 0 aliphatic heterocycles. The summed E-state index contributed by atoms with van der Waals surface area (Å²) in [5, 5.41) is 10.9. The van der Waals surface area contributed by atoms with Crippen molar-refractivity contribution in [2.24, 2.45) is 4.99 Å². The smallest absolute Gasteiger partial charge is 0.312 e. The largest absolute Gasteiger partial charge is 0.481 e. The Hall–Kier alpha value is -2.21. The second-order valence-electron chi connectivity index (χ2n) is 4.47. The van der Waals surface area contributed by atoms with Gasteiger partial charge in [0.1, 0.15) is 11.5 Å². The number of rotatable bonds is 5. The topological polar surface area (TPSA) is 54.6 Å². The molecule has 110 valence electrons. The van der Waals surface area contributed by atoms with Gasteiger partial charge in [-0.1, -0.05) is 18.2 Å². The van der Waals surface area contributed by atoms with Gasteiger partial charge < -0.3 is 9.67 Å². The van der Waals surface area contributed by atoms with Crippen molar-refractivity contribution >= 4 is 23.0 Å². The Kier molecular flexibility index (Phi) is 4.70. The summed E-state index contributed by atoms with van der Waals surface area (Å²) in [6.45, 7) is 5.70. The summed E-state index contributed by atoms with van der Waals surface area (Å²) < 4.78 is 15.4. The van der Waals surface area contributed by atoms with Gasteiger partial charge in [0, 0.05) is 17.6 Å². The van der Waals surface area contributed by atoms with E-state index in [1.54, 1.807) is 41.1 Å². The predicted molar refractivity (Wildman–Crippen MR) is 80.2 cm³/mol. The Bertz CT molecular complexity index is 733. The van der Waals surface area contributed by atoms with Crippen LogP contribution in [0.5, 0.6) is 0 Å². The normalized spacial score (nSPS) is 13.1. The number of allylic oxidation sites excluding steroid dienone is 1. The Morgan fingerprint density at radius 1 is 1.57 bits per heavy atom. The maximum atomic E-state index is 13.7. The van der Waals surface area contributed by atoms with Crippen LogP contribution in [0.1, 0.15) is 18.5 Å². The summed E-state index contributed by atoms with van der Waals surface area (Å²) in [5.41, 5.74) is 0.856. The van der Waals surface area contributed by atoms with Crippen molar-refractivity contribution in [1.82, 2.24) is 4.57 Å². The zero-order valence-corrected chi connectivity index (χ0v) is 12.3. The van der Waals surface area contributed by atoms with Crippen molar-refractivity contribution in [1.29, 1.82) is 0 Å². The van der Waals surface area contributed by atoms with Crippen molar-refractivity contribution in [2.75, 3.05) is 0 Å². The molecule has 0 saturated carbocycles. The van der Waals surface area contributed by atoms with Gasteiger partial charge in [-0.3, -0.25) is 4.79 Å². The highest BCUT2D eigenvalue weighted by molar-refractivity contribution is 7.07. The van der Waals surface area contributed by atoms with Crippen LogP contribution in [0, 0.1) is 5.82 Å². The summed E-state index contributed by atoms with van der Waals surface area (Å²) >= 11 is 1.28. The number of hydrogen-bond acceptors (Lipinski definition) is 3. The molecule has 4 nitrogen and oxygen atoms in total. The summed E-state index contributed by atoms with van der Waals surface area (Å²) in [4.78, 5) is 16.0. The molecule has 0 amide bonds. The van der Waals surface area contributed by atoms with Crippen LogP contribution in [-0.2, 0) is 11.3 Å². The minimum atomic E-state index is -0.914. The standard InChI is InChI=1S/C15H15FN2O2S/c1-3-8-18-13(10(2)14(19)20)9-21-15(18)17-12-7-5-4-6-11(12)16/h3-7,9-10H,1,8H2,2H3,(H,19,20). The monoisotopic (exact) mass is 306 g/mol. The molecule has 0 aliphatic carbocycles. The molecule has 1 heterocycles. The number of carboxylic acid groups (broad SMARTS) is 1. The van der Waals surface area contributed by atoms with Crippen LogP contribution in [-0.4, -0.2) is 15.6 Å². The molecule has 0 bridgehead atoms. The van der Waals surface area contributed by atoms with E-state index in [-0.39, 0.29) is 5.69 Å². The van der Waals surface area contributed by atoms with Gasteiger partial charge in [0.2, 0.25) is 0 Å². The van der Waals surface area contributed by atoms with Gasteiger partial charge in [-0.15, -0.1) is 17.9 Å². The van der Waals surface area contributed by atoms with E-state index in [1.807, 2.05) is 0 Å². The minimum Gasteiger partial charge on any atom is -0.481 e. The average molecular weight is 306 g/mol. The lowest BCUT2D eigenvalue weighted by atomic mass is 10.1. The summed E-state index contributed by atoms with van der Waals surface area (Å²) in [6.07, 6.45) is 1.66. The van der Waals surface area contributed by atoms with E-state index in [0.29, 0.717) is 17.0 Å². The van der Waals surface area contributed by atoms with Gasteiger partial charge in [0.15, 0.2) is 4.80 Å². The zero-order valence-electron chi connectivity index (χ0n) is 11.5. The zero-order chi connectivity index (χ0) is 15.4.